The summed E-state index contributed by atoms with van der Waals surface area (Å²) in [5.74, 6) is -0.425. The lowest BCUT2D eigenvalue weighted by molar-refractivity contribution is -0.137. The Bertz CT molecular complexity index is 109. The maximum Gasteiger partial charge on any atom is 0.330 e. The summed E-state index contributed by atoms with van der Waals surface area (Å²) in [5.41, 5.74) is 0. The minimum atomic E-state index is -0.425. The van der Waals surface area contributed by atoms with E-state index in [0.717, 1.165) is 6.08 Å². The molecule has 0 amide bonds. The molecule has 57 valence electrons. The quantitative estimate of drug-likeness (QED) is 0.326. The van der Waals surface area contributed by atoms with Crippen LogP contribution in [-0.2, 0) is 14.6 Å². The molecule has 0 aromatic carbocycles. The van der Waals surface area contributed by atoms with Gasteiger partial charge < -0.3 is 4.74 Å². The van der Waals surface area contributed by atoms with Gasteiger partial charge in [-0.15, -0.1) is 0 Å². The number of rotatable bonds is 5. The van der Waals surface area contributed by atoms with Crippen molar-refractivity contribution in [1.82, 2.24) is 0 Å². The summed E-state index contributed by atoms with van der Waals surface area (Å²) in [6, 6.07) is 0. The first-order valence-electron chi connectivity index (χ1n) is 3.18. The highest BCUT2D eigenvalue weighted by Crippen LogP contribution is 1.89. The first-order valence-corrected chi connectivity index (χ1v) is 3.18. The van der Waals surface area contributed by atoms with Crippen LogP contribution in [0.2, 0.25) is 0 Å². The zero-order valence-corrected chi connectivity index (χ0v) is 5.84. The second kappa shape index (κ2) is 6.29. The van der Waals surface area contributed by atoms with Gasteiger partial charge in [0.1, 0.15) is 0 Å². The van der Waals surface area contributed by atoms with Gasteiger partial charge in [-0.05, 0) is 12.8 Å². The van der Waals surface area contributed by atoms with Crippen molar-refractivity contribution >= 4 is 5.97 Å². The lowest BCUT2D eigenvalue weighted by Crippen LogP contribution is -2.01. The molecule has 0 N–H and O–H groups in total. The number of ether oxygens (including phenoxy) is 1. The van der Waals surface area contributed by atoms with Gasteiger partial charge in [0.2, 0.25) is 0 Å². The topological polar surface area (TPSA) is 46.2 Å². The maximum atomic E-state index is 10.4. The molecule has 10 heavy (non-hydrogen) atoms. The Morgan fingerprint density at radius 1 is 1.50 bits per heavy atom. The maximum absolute atomic E-state index is 10.4. The van der Waals surface area contributed by atoms with E-state index in [1.165, 1.54) is 0 Å². The Kier molecular flexibility index (Phi) is 5.77. The average Bonchev–Trinajstić information content (AvgIpc) is 1.98. The summed E-state index contributed by atoms with van der Waals surface area (Å²) >= 11 is 0. The minimum Gasteiger partial charge on any atom is -0.463 e. The Morgan fingerprint density at radius 3 is 2.70 bits per heavy atom. The Balaban J connectivity index is 3.03. The largest absolute Gasteiger partial charge is 0.463 e. The molecule has 0 saturated carbocycles. The van der Waals surface area contributed by atoms with Crippen molar-refractivity contribution < 1.29 is 14.6 Å². The summed E-state index contributed by atoms with van der Waals surface area (Å²) in [4.78, 5) is 10.4. The van der Waals surface area contributed by atoms with Gasteiger partial charge in [-0.25, -0.2) is 9.90 Å². The van der Waals surface area contributed by atoms with Crippen LogP contribution in [0.15, 0.2) is 12.7 Å². The van der Waals surface area contributed by atoms with Gasteiger partial charge in [0.05, 0.1) is 13.2 Å². The molecule has 0 fully saturated rings. The molecular weight excluding hydrogens is 132 g/mol. The third-order valence-corrected chi connectivity index (χ3v) is 0.950. The number of hydrogen-bond donors (Lipinski definition) is 0. The number of carbonyl (C=O) groups excluding carboxylic acids is 1. The molecule has 0 aliphatic rings. The second-order valence-electron chi connectivity index (χ2n) is 1.78. The van der Waals surface area contributed by atoms with Crippen molar-refractivity contribution in [2.24, 2.45) is 0 Å². The molecule has 1 radical (unpaired) electrons. The molecule has 0 aliphatic carbocycles. The van der Waals surface area contributed by atoms with E-state index in [0.29, 0.717) is 19.4 Å². The number of hydrogen-bond acceptors (Lipinski definition) is 2. The van der Waals surface area contributed by atoms with E-state index < -0.39 is 5.97 Å². The Morgan fingerprint density at radius 2 is 2.20 bits per heavy atom. The van der Waals surface area contributed by atoms with Gasteiger partial charge >= 0.3 is 5.97 Å². The van der Waals surface area contributed by atoms with Crippen LogP contribution in [0.3, 0.4) is 0 Å². The SMILES string of the molecule is C=CC(=O)OCCCC[O]. The second-order valence-corrected chi connectivity index (χ2v) is 1.78. The van der Waals surface area contributed by atoms with Gasteiger partial charge in [0.15, 0.2) is 0 Å². The van der Waals surface area contributed by atoms with Crippen molar-refractivity contribution in [2.75, 3.05) is 13.2 Å². The molecule has 0 aliphatic heterocycles. The highest BCUT2D eigenvalue weighted by atomic mass is 16.5. The molecule has 0 saturated heterocycles. The van der Waals surface area contributed by atoms with E-state index in [4.69, 9.17) is 0 Å². The van der Waals surface area contributed by atoms with Gasteiger partial charge in [-0.1, -0.05) is 6.58 Å². The first-order chi connectivity index (χ1) is 4.81. The van der Waals surface area contributed by atoms with Crippen LogP contribution >= 0.6 is 0 Å². The molecule has 0 rings (SSSR count). The molecule has 3 nitrogen and oxygen atoms in total. The van der Waals surface area contributed by atoms with Crippen molar-refractivity contribution in [3.05, 3.63) is 12.7 Å². The van der Waals surface area contributed by atoms with Crippen LogP contribution < -0.4 is 0 Å². The molecule has 0 aromatic heterocycles. The van der Waals surface area contributed by atoms with E-state index in [9.17, 15) is 9.90 Å². The van der Waals surface area contributed by atoms with Crippen LogP contribution in [-0.4, -0.2) is 19.2 Å². The fourth-order valence-electron chi connectivity index (χ4n) is 0.436. The average molecular weight is 143 g/mol. The lowest BCUT2D eigenvalue weighted by Gasteiger charge is -1.98. The standard InChI is InChI=1S/C7H11O3/c1-2-7(9)10-6-4-3-5-8/h2H,1,3-6H2. The van der Waals surface area contributed by atoms with Crippen LogP contribution in [0.1, 0.15) is 12.8 Å². The van der Waals surface area contributed by atoms with E-state index in [-0.39, 0.29) is 6.61 Å². The van der Waals surface area contributed by atoms with E-state index in [2.05, 4.69) is 11.3 Å². The molecule has 0 spiro atoms. The molecule has 0 bridgehead atoms. The van der Waals surface area contributed by atoms with E-state index >= 15 is 0 Å². The zero-order valence-electron chi connectivity index (χ0n) is 5.84. The predicted octanol–water partition coefficient (Wildman–Crippen LogP) is 0.926. The normalized spacial score (nSPS) is 8.90. The van der Waals surface area contributed by atoms with E-state index in [1.807, 2.05) is 0 Å². The molecule has 0 aromatic rings. The molecule has 0 atom stereocenters. The summed E-state index contributed by atoms with van der Waals surface area (Å²) in [6.45, 7) is 3.44. The number of esters is 1. The van der Waals surface area contributed by atoms with Gasteiger partial charge in [0.25, 0.3) is 0 Å². The molecular formula is C7H11O3. The van der Waals surface area contributed by atoms with Crippen LogP contribution in [0, 0.1) is 0 Å². The van der Waals surface area contributed by atoms with Crippen LogP contribution in [0.25, 0.3) is 0 Å². The Hall–Kier alpha value is -0.830. The summed E-state index contributed by atoms with van der Waals surface area (Å²) in [6.07, 6.45) is 2.31. The van der Waals surface area contributed by atoms with Crippen molar-refractivity contribution in [1.29, 1.82) is 0 Å². The Labute approximate surface area is 60.3 Å². The number of unbranched alkanes of at least 4 members (excludes halogenated alkanes) is 1. The number of carbonyl (C=O) groups is 1. The summed E-state index contributed by atoms with van der Waals surface area (Å²) in [5, 5.41) is 9.88. The van der Waals surface area contributed by atoms with Gasteiger partial charge in [0, 0.05) is 6.08 Å². The third-order valence-electron chi connectivity index (χ3n) is 0.950. The third kappa shape index (κ3) is 5.31. The molecule has 3 heteroatoms. The van der Waals surface area contributed by atoms with Crippen LogP contribution in [0.5, 0.6) is 0 Å². The molecule has 0 heterocycles. The smallest absolute Gasteiger partial charge is 0.330 e. The highest BCUT2D eigenvalue weighted by Gasteiger charge is 1.93. The predicted molar refractivity (Wildman–Crippen MR) is 35.9 cm³/mol. The minimum absolute atomic E-state index is 0.106. The van der Waals surface area contributed by atoms with Crippen molar-refractivity contribution in [2.45, 2.75) is 12.8 Å². The van der Waals surface area contributed by atoms with Gasteiger partial charge in [-0.3, -0.25) is 0 Å². The van der Waals surface area contributed by atoms with Crippen molar-refractivity contribution in [3.63, 3.8) is 0 Å². The zero-order chi connectivity index (χ0) is 7.82. The van der Waals surface area contributed by atoms with Crippen LogP contribution in [0.4, 0.5) is 0 Å². The van der Waals surface area contributed by atoms with Gasteiger partial charge in [-0.2, -0.15) is 0 Å². The van der Waals surface area contributed by atoms with E-state index in [1.54, 1.807) is 0 Å². The van der Waals surface area contributed by atoms with Crippen molar-refractivity contribution in [3.8, 4) is 0 Å². The first kappa shape index (κ1) is 9.17. The summed E-state index contributed by atoms with van der Waals surface area (Å²) in [7, 11) is 0. The summed E-state index contributed by atoms with van der Waals surface area (Å²) < 4.78 is 4.60. The molecule has 0 unspecified atom stereocenters. The fourth-order valence-corrected chi connectivity index (χ4v) is 0.436. The lowest BCUT2D eigenvalue weighted by atomic mass is 10.3. The fraction of sp³-hybridized carbons (Fsp3) is 0.571. The highest BCUT2D eigenvalue weighted by molar-refractivity contribution is 5.81. The monoisotopic (exact) mass is 143 g/mol.